The molecule has 0 saturated carbocycles. The van der Waals surface area contributed by atoms with Gasteiger partial charge in [0.05, 0.1) is 0 Å². The van der Waals surface area contributed by atoms with Crippen LogP contribution < -0.4 is 10.2 Å². The largest absolute Gasteiger partial charge is 0.338 e. The molecule has 0 amide bonds. The van der Waals surface area contributed by atoms with E-state index in [9.17, 15) is 8.42 Å². The summed E-state index contributed by atoms with van der Waals surface area (Å²) in [6, 6.07) is 3.90. The van der Waals surface area contributed by atoms with Crippen molar-refractivity contribution < 1.29 is 8.42 Å². The Morgan fingerprint density at radius 3 is 3.05 bits per heavy atom. The average Bonchev–Trinajstić information content (AvgIpc) is 2.38. The maximum Gasteiger partial charge on any atom is 0.169 e. The molecule has 0 aromatic carbocycles. The molecule has 106 valence electrons. The minimum Gasteiger partial charge on any atom is -0.338 e. The maximum atomic E-state index is 11.9. The number of nitrogens with one attached hydrogen (secondary N) is 1. The number of nitrogens with zero attached hydrogens (tertiary/aromatic N) is 2. The van der Waals surface area contributed by atoms with E-state index in [1.807, 2.05) is 24.1 Å². The number of anilines is 1. The second-order valence-electron chi connectivity index (χ2n) is 4.61. The first kappa shape index (κ1) is 14.6. The molecular formula is C12H19N3O2S2. The fourth-order valence-corrected chi connectivity index (χ4v) is 4.96. The molecule has 0 spiro atoms. The molecule has 7 heteroatoms. The van der Waals surface area contributed by atoms with Crippen molar-refractivity contribution in [3.05, 3.63) is 23.9 Å². The number of pyridine rings is 1. The van der Waals surface area contributed by atoms with E-state index in [1.54, 1.807) is 18.0 Å². The lowest BCUT2D eigenvalue weighted by atomic mass is 10.2. The van der Waals surface area contributed by atoms with Crippen LogP contribution in [0.25, 0.3) is 0 Å². The summed E-state index contributed by atoms with van der Waals surface area (Å²) in [6.07, 6.45) is 3.04. The van der Waals surface area contributed by atoms with Gasteiger partial charge in [0.1, 0.15) is 11.2 Å². The summed E-state index contributed by atoms with van der Waals surface area (Å²) in [7, 11) is -1.21. The highest BCUT2D eigenvalue weighted by Gasteiger charge is 2.31. The Bertz CT molecular complexity index is 534. The van der Waals surface area contributed by atoms with Gasteiger partial charge in [-0.1, -0.05) is 0 Å². The summed E-state index contributed by atoms with van der Waals surface area (Å²) < 4.78 is 23.8. The zero-order valence-electron chi connectivity index (χ0n) is 11.2. The van der Waals surface area contributed by atoms with Crippen LogP contribution in [0.15, 0.2) is 18.3 Å². The lowest BCUT2D eigenvalue weighted by molar-refractivity contribution is 0.583. The van der Waals surface area contributed by atoms with Gasteiger partial charge in [-0.3, -0.25) is 0 Å². The molecule has 0 aliphatic carbocycles. The minimum atomic E-state index is -3.10. The second kappa shape index (κ2) is 6.11. The van der Waals surface area contributed by atoms with E-state index in [1.165, 1.54) is 6.26 Å². The lowest BCUT2D eigenvalue weighted by Crippen LogP contribution is -2.47. The first-order chi connectivity index (χ1) is 9.02. The molecule has 1 aliphatic rings. The molecule has 1 fully saturated rings. The van der Waals surface area contributed by atoms with Gasteiger partial charge < -0.3 is 10.2 Å². The van der Waals surface area contributed by atoms with Crippen molar-refractivity contribution in [3.63, 3.8) is 0 Å². The van der Waals surface area contributed by atoms with Crippen LogP contribution in [-0.4, -0.2) is 50.1 Å². The smallest absolute Gasteiger partial charge is 0.169 e. The minimum absolute atomic E-state index is 0.469. The van der Waals surface area contributed by atoms with E-state index in [2.05, 4.69) is 10.3 Å². The highest BCUT2D eigenvalue weighted by molar-refractivity contribution is 8.01. The molecule has 1 atom stereocenters. The summed E-state index contributed by atoms with van der Waals surface area (Å²) in [6.45, 7) is 1.47. The van der Waals surface area contributed by atoms with Gasteiger partial charge >= 0.3 is 0 Å². The van der Waals surface area contributed by atoms with Crippen LogP contribution >= 0.6 is 11.8 Å². The lowest BCUT2D eigenvalue weighted by Gasteiger charge is -2.35. The monoisotopic (exact) mass is 301 g/mol. The SMILES string of the molecule is CNCc1ccnc(N2CCSCC2S(C)(=O)=O)c1. The van der Waals surface area contributed by atoms with Crippen LogP contribution in [0.3, 0.4) is 0 Å². The maximum absolute atomic E-state index is 11.9. The number of sulfone groups is 1. The first-order valence-electron chi connectivity index (χ1n) is 6.15. The Hall–Kier alpha value is -0.790. The Labute approximate surface area is 118 Å². The fraction of sp³-hybridized carbons (Fsp3) is 0.583. The molecule has 19 heavy (non-hydrogen) atoms. The Balaban J connectivity index is 2.29. The van der Waals surface area contributed by atoms with Gasteiger partial charge in [-0.15, -0.1) is 0 Å². The van der Waals surface area contributed by atoms with Crippen molar-refractivity contribution in [2.24, 2.45) is 0 Å². The third-order valence-corrected chi connectivity index (χ3v) is 5.71. The van der Waals surface area contributed by atoms with Gasteiger partial charge in [0, 0.05) is 37.0 Å². The Morgan fingerprint density at radius 2 is 2.37 bits per heavy atom. The van der Waals surface area contributed by atoms with Gasteiger partial charge in [0.2, 0.25) is 0 Å². The molecule has 2 heterocycles. The van der Waals surface area contributed by atoms with Gasteiger partial charge in [0.25, 0.3) is 0 Å². The van der Waals surface area contributed by atoms with E-state index in [4.69, 9.17) is 0 Å². The number of thioether (sulfide) groups is 1. The highest BCUT2D eigenvalue weighted by Crippen LogP contribution is 2.25. The summed E-state index contributed by atoms with van der Waals surface area (Å²) in [5.41, 5.74) is 1.11. The molecule has 0 bridgehead atoms. The predicted molar refractivity (Wildman–Crippen MR) is 80.3 cm³/mol. The van der Waals surface area contributed by atoms with Crippen molar-refractivity contribution in [1.29, 1.82) is 0 Å². The molecule has 1 N–H and O–H groups in total. The molecule has 1 aliphatic heterocycles. The van der Waals surface area contributed by atoms with Crippen molar-refractivity contribution in [1.82, 2.24) is 10.3 Å². The number of rotatable bonds is 4. The third-order valence-electron chi connectivity index (χ3n) is 3.06. The van der Waals surface area contributed by atoms with Crippen LogP contribution in [0, 0.1) is 0 Å². The van der Waals surface area contributed by atoms with Crippen molar-refractivity contribution in [2.75, 3.05) is 36.3 Å². The van der Waals surface area contributed by atoms with E-state index in [-0.39, 0.29) is 0 Å². The fourth-order valence-electron chi connectivity index (χ4n) is 2.13. The third kappa shape index (κ3) is 3.61. The van der Waals surface area contributed by atoms with Crippen molar-refractivity contribution in [2.45, 2.75) is 11.9 Å². The predicted octanol–water partition coefficient (Wildman–Crippen LogP) is 0.725. The normalized spacial score (nSPS) is 20.5. The molecular weight excluding hydrogens is 282 g/mol. The molecule has 1 saturated heterocycles. The average molecular weight is 301 g/mol. The summed E-state index contributed by atoms with van der Waals surface area (Å²) in [5, 5.41) is 2.62. The molecule has 1 aromatic heterocycles. The van der Waals surface area contributed by atoms with Crippen LogP contribution in [0.4, 0.5) is 5.82 Å². The van der Waals surface area contributed by atoms with Crippen LogP contribution in [-0.2, 0) is 16.4 Å². The van der Waals surface area contributed by atoms with Gasteiger partial charge in [-0.2, -0.15) is 11.8 Å². The van der Waals surface area contributed by atoms with Gasteiger partial charge in [-0.05, 0) is 24.7 Å². The number of hydrogen-bond donors (Lipinski definition) is 1. The van der Waals surface area contributed by atoms with Crippen molar-refractivity contribution in [3.8, 4) is 0 Å². The highest BCUT2D eigenvalue weighted by atomic mass is 32.2. The number of hydrogen-bond acceptors (Lipinski definition) is 6. The standard InChI is InChI=1S/C12H19N3O2S2/c1-13-8-10-3-4-14-11(7-10)15-5-6-18-9-12(15)19(2,16)17/h3-4,7,12-13H,5-6,8-9H2,1-2H3. The molecule has 2 rings (SSSR count). The zero-order chi connectivity index (χ0) is 13.9. The van der Waals surface area contributed by atoms with Gasteiger partial charge in [0.15, 0.2) is 9.84 Å². The Morgan fingerprint density at radius 1 is 1.58 bits per heavy atom. The van der Waals surface area contributed by atoms with Crippen LogP contribution in [0.2, 0.25) is 0 Å². The summed E-state index contributed by atoms with van der Waals surface area (Å²) in [4.78, 5) is 6.24. The van der Waals surface area contributed by atoms with Crippen LogP contribution in [0.1, 0.15) is 5.56 Å². The van der Waals surface area contributed by atoms with Crippen molar-refractivity contribution >= 4 is 27.4 Å². The molecule has 5 nitrogen and oxygen atoms in total. The number of aromatic nitrogens is 1. The van der Waals surface area contributed by atoms with E-state index in [0.29, 0.717) is 5.75 Å². The second-order valence-corrected chi connectivity index (χ2v) is 7.96. The van der Waals surface area contributed by atoms with Crippen LogP contribution in [0.5, 0.6) is 0 Å². The molecule has 1 unspecified atom stereocenters. The Kier molecular flexibility index (Phi) is 4.70. The van der Waals surface area contributed by atoms with E-state index >= 15 is 0 Å². The van der Waals surface area contributed by atoms with E-state index < -0.39 is 15.2 Å². The topological polar surface area (TPSA) is 62.3 Å². The van der Waals surface area contributed by atoms with Gasteiger partial charge in [-0.25, -0.2) is 13.4 Å². The molecule has 0 radical (unpaired) electrons. The molecule has 1 aromatic rings. The zero-order valence-corrected chi connectivity index (χ0v) is 12.8. The quantitative estimate of drug-likeness (QED) is 0.884. The first-order valence-corrected chi connectivity index (χ1v) is 9.26. The summed E-state index contributed by atoms with van der Waals surface area (Å²) >= 11 is 1.68. The summed E-state index contributed by atoms with van der Waals surface area (Å²) in [5.74, 6) is 2.30. The van der Waals surface area contributed by atoms with E-state index in [0.717, 1.165) is 30.2 Å².